The Hall–Kier alpha value is -5.19. The highest BCUT2D eigenvalue weighted by Crippen LogP contribution is 2.27. The lowest BCUT2D eigenvalue weighted by molar-refractivity contribution is -0.141. The lowest BCUT2D eigenvalue weighted by atomic mass is 9.85. The van der Waals surface area contributed by atoms with Gasteiger partial charge in [-0.1, -0.05) is 93.6 Å². The van der Waals surface area contributed by atoms with Crippen molar-refractivity contribution in [3.63, 3.8) is 0 Å². The predicted octanol–water partition coefficient (Wildman–Crippen LogP) is 5.92. The van der Waals surface area contributed by atoms with Gasteiger partial charge in [-0.3, -0.25) is 14.4 Å². The number of carbonyl (C=O) groups is 4. The summed E-state index contributed by atoms with van der Waals surface area (Å²) in [6.07, 6.45) is 3.93. The fourth-order valence-electron chi connectivity index (χ4n) is 6.67. The third kappa shape index (κ3) is 9.77. The van der Waals surface area contributed by atoms with E-state index in [9.17, 15) is 19.2 Å². The van der Waals surface area contributed by atoms with Crippen LogP contribution in [0.1, 0.15) is 84.2 Å². The fraction of sp³-hybridized carbons (Fsp3) is 0.439. The Morgan fingerprint density at radius 2 is 1.58 bits per heavy atom. The van der Waals surface area contributed by atoms with E-state index in [0.29, 0.717) is 31.6 Å². The number of imidazole rings is 1. The summed E-state index contributed by atoms with van der Waals surface area (Å²) in [6.45, 7) is 13.8. The topological polar surface area (TPSA) is 135 Å². The Balaban J connectivity index is 1.31. The van der Waals surface area contributed by atoms with Gasteiger partial charge in [0.05, 0.1) is 18.1 Å². The second-order valence-electron chi connectivity index (χ2n) is 15.7. The number of benzene rings is 3. The molecule has 52 heavy (non-hydrogen) atoms. The van der Waals surface area contributed by atoms with Gasteiger partial charge in [0.1, 0.15) is 23.7 Å². The molecule has 1 saturated heterocycles. The van der Waals surface area contributed by atoms with Crippen LogP contribution in [-0.2, 0) is 32.1 Å². The molecule has 5 rings (SSSR count). The molecule has 4 atom stereocenters. The molecular formula is C41H52N6O5. The van der Waals surface area contributed by atoms with Crippen LogP contribution in [0.4, 0.5) is 4.79 Å². The molecule has 4 aromatic rings. The van der Waals surface area contributed by atoms with Gasteiger partial charge in [0.15, 0.2) is 0 Å². The van der Waals surface area contributed by atoms with Gasteiger partial charge in [0, 0.05) is 25.7 Å². The van der Waals surface area contributed by atoms with Crippen LogP contribution >= 0.6 is 0 Å². The number of rotatable bonds is 11. The summed E-state index contributed by atoms with van der Waals surface area (Å²) in [5.74, 6) is -1.14. The lowest BCUT2D eigenvalue weighted by Crippen LogP contribution is -2.59. The van der Waals surface area contributed by atoms with Crippen LogP contribution in [0, 0.1) is 5.41 Å². The Bertz CT molecular complexity index is 1870. The maximum Gasteiger partial charge on any atom is 0.408 e. The van der Waals surface area contributed by atoms with Crippen molar-refractivity contribution < 1.29 is 23.9 Å². The van der Waals surface area contributed by atoms with Crippen molar-refractivity contribution in [2.24, 2.45) is 5.41 Å². The van der Waals surface area contributed by atoms with E-state index in [1.807, 2.05) is 111 Å². The minimum absolute atomic E-state index is 0.101. The number of fused-ring (bicyclic) bond motifs is 1. The number of alkyl carbamates (subject to hydrolysis) is 1. The van der Waals surface area contributed by atoms with Gasteiger partial charge in [-0.05, 0) is 67.9 Å². The third-order valence-corrected chi connectivity index (χ3v) is 9.20. The number of nitrogens with one attached hydrogen (secondary N) is 3. The molecule has 0 radical (unpaired) electrons. The monoisotopic (exact) mass is 708 g/mol. The summed E-state index contributed by atoms with van der Waals surface area (Å²) >= 11 is 0. The van der Waals surface area contributed by atoms with E-state index in [-0.39, 0.29) is 18.4 Å². The molecule has 1 aliphatic heterocycles. The highest BCUT2D eigenvalue weighted by Gasteiger charge is 2.41. The first-order valence-corrected chi connectivity index (χ1v) is 18.0. The Kier molecular flexibility index (Phi) is 11.7. The summed E-state index contributed by atoms with van der Waals surface area (Å²) in [4.78, 5) is 61.1. The van der Waals surface area contributed by atoms with Crippen LogP contribution in [-0.4, -0.2) is 68.5 Å². The molecule has 11 heteroatoms. The van der Waals surface area contributed by atoms with Gasteiger partial charge in [0.25, 0.3) is 0 Å². The summed E-state index contributed by atoms with van der Waals surface area (Å²) in [7, 11) is 0. The van der Waals surface area contributed by atoms with Crippen molar-refractivity contribution >= 4 is 34.6 Å². The fourth-order valence-corrected chi connectivity index (χ4v) is 6.67. The maximum atomic E-state index is 14.3. The SMILES string of the molecule is C[C@H](NC(=O)[C@H](NC(=O)[C@@H]1CCCN1C(=O)[C@H](Cc1cn(Cc2ccccc2)cn1)NC(=O)OC(C)(C)C)C(C)(C)C)c1cccc2ccccc12. The molecule has 1 aliphatic rings. The number of hydrogen-bond donors (Lipinski definition) is 3. The van der Waals surface area contributed by atoms with Crippen LogP contribution in [0.15, 0.2) is 85.3 Å². The summed E-state index contributed by atoms with van der Waals surface area (Å²) in [5, 5.41) is 11.0. The second-order valence-corrected chi connectivity index (χ2v) is 15.7. The smallest absolute Gasteiger partial charge is 0.408 e. The zero-order valence-corrected chi connectivity index (χ0v) is 31.3. The average molecular weight is 709 g/mol. The zero-order chi connectivity index (χ0) is 37.6. The van der Waals surface area contributed by atoms with Crippen LogP contribution in [0.3, 0.4) is 0 Å². The van der Waals surface area contributed by atoms with Gasteiger partial charge in [-0.25, -0.2) is 9.78 Å². The van der Waals surface area contributed by atoms with Crippen molar-refractivity contribution in [3.8, 4) is 0 Å². The molecule has 4 amide bonds. The minimum atomic E-state index is -1.04. The predicted molar refractivity (Wildman–Crippen MR) is 201 cm³/mol. The summed E-state index contributed by atoms with van der Waals surface area (Å²) in [6, 6.07) is 20.9. The summed E-state index contributed by atoms with van der Waals surface area (Å²) in [5.41, 5.74) is 1.27. The number of aromatic nitrogens is 2. The molecule has 3 N–H and O–H groups in total. The zero-order valence-electron chi connectivity index (χ0n) is 31.3. The largest absolute Gasteiger partial charge is 0.444 e. The van der Waals surface area contributed by atoms with Crippen molar-refractivity contribution in [1.82, 2.24) is 30.4 Å². The van der Waals surface area contributed by atoms with E-state index in [0.717, 1.165) is 21.9 Å². The van der Waals surface area contributed by atoms with Gasteiger partial charge < -0.3 is 30.2 Å². The highest BCUT2D eigenvalue weighted by molar-refractivity contribution is 5.95. The number of amides is 4. The summed E-state index contributed by atoms with van der Waals surface area (Å²) < 4.78 is 7.43. The van der Waals surface area contributed by atoms with Crippen LogP contribution in [0.5, 0.6) is 0 Å². The first-order chi connectivity index (χ1) is 24.6. The van der Waals surface area contributed by atoms with Gasteiger partial charge in [-0.15, -0.1) is 0 Å². The van der Waals surface area contributed by atoms with Crippen molar-refractivity contribution in [1.29, 1.82) is 0 Å². The van der Waals surface area contributed by atoms with Crippen LogP contribution in [0.25, 0.3) is 10.8 Å². The first kappa shape index (κ1) is 38.1. The van der Waals surface area contributed by atoms with E-state index in [2.05, 4.69) is 20.9 Å². The molecule has 3 aromatic carbocycles. The van der Waals surface area contributed by atoms with Crippen molar-refractivity contribution in [3.05, 3.63) is 102 Å². The van der Waals surface area contributed by atoms with Crippen molar-refractivity contribution in [2.75, 3.05) is 6.54 Å². The molecule has 0 saturated carbocycles. The second kappa shape index (κ2) is 16.0. The van der Waals surface area contributed by atoms with E-state index in [1.165, 1.54) is 4.90 Å². The molecule has 0 spiro atoms. The number of hydrogen-bond acceptors (Lipinski definition) is 6. The van der Waals surface area contributed by atoms with E-state index >= 15 is 0 Å². The third-order valence-electron chi connectivity index (χ3n) is 9.20. The van der Waals surface area contributed by atoms with Gasteiger partial charge >= 0.3 is 6.09 Å². The molecule has 11 nitrogen and oxygen atoms in total. The molecular weight excluding hydrogens is 656 g/mol. The van der Waals surface area contributed by atoms with E-state index in [4.69, 9.17) is 4.74 Å². The van der Waals surface area contributed by atoms with Crippen LogP contribution < -0.4 is 16.0 Å². The van der Waals surface area contributed by atoms with Gasteiger partial charge in [-0.2, -0.15) is 0 Å². The molecule has 0 aliphatic carbocycles. The Labute approximate surface area is 306 Å². The number of nitrogens with zero attached hydrogens (tertiary/aromatic N) is 3. The Morgan fingerprint density at radius 1 is 0.885 bits per heavy atom. The molecule has 0 unspecified atom stereocenters. The number of ether oxygens (including phenoxy) is 1. The first-order valence-electron chi connectivity index (χ1n) is 18.0. The molecule has 1 fully saturated rings. The molecule has 0 bridgehead atoms. The Morgan fingerprint density at radius 3 is 2.29 bits per heavy atom. The minimum Gasteiger partial charge on any atom is -0.444 e. The standard InChI is InChI=1S/C41H52N6O5/c1-27(31-20-13-18-29-17-11-12-19-32(29)31)43-37(49)35(40(2,3)4)45-36(48)34-21-14-22-47(34)38(50)33(44-39(51)52-41(5,6)7)23-30-25-46(26-42-30)24-28-15-9-8-10-16-28/h8-13,15-20,25-27,33-35H,14,21-24H2,1-7H3,(H,43,49)(H,44,51)(H,45,48)/t27-,33-,34-,35-/m0/s1. The molecule has 2 heterocycles. The number of carbonyl (C=O) groups excluding carboxylic acids is 4. The normalized spacial score (nSPS) is 16.5. The molecule has 276 valence electrons. The quantitative estimate of drug-likeness (QED) is 0.177. The lowest BCUT2D eigenvalue weighted by Gasteiger charge is -2.34. The maximum absolute atomic E-state index is 14.3. The van der Waals surface area contributed by atoms with Crippen molar-refractivity contribution in [2.45, 2.75) is 104 Å². The molecule has 1 aromatic heterocycles. The average Bonchev–Trinajstić information content (AvgIpc) is 3.75. The van der Waals surface area contributed by atoms with Crippen LogP contribution in [0.2, 0.25) is 0 Å². The number of likely N-dealkylation sites (tertiary alicyclic amines) is 1. The van der Waals surface area contributed by atoms with E-state index < -0.39 is 47.0 Å². The van der Waals surface area contributed by atoms with E-state index in [1.54, 1.807) is 27.1 Å². The highest BCUT2D eigenvalue weighted by atomic mass is 16.6. The van der Waals surface area contributed by atoms with Gasteiger partial charge in [0.2, 0.25) is 17.7 Å².